The number of aryl methyl sites for hydroxylation is 1. The lowest BCUT2D eigenvalue weighted by Gasteiger charge is -2.09. The molecule has 0 aliphatic heterocycles. The quantitative estimate of drug-likeness (QED) is 0.604. The largest absolute Gasteiger partial charge is 0.399 e. The molecule has 0 spiro atoms. The van der Waals surface area contributed by atoms with E-state index in [1.54, 1.807) is 19.1 Å². The van der Waals surface area contributed by atoms with Crippen molar-refractivity contribution in [3.05, 3.63) is 23.8 Å². The summed E-state index contributed by atoms with van der Waals surface area (Å²) in [5.74, 6) is 0. The zero-order valence-electron chi connectivity index (χ0n) is 10.4. The molecule has 0 aliphatic carbocycles. The average molecular weight is 256 g/mol. The number of nitrogen functional groups attached to an aromatic ring is 1. The summed E-state index contributed by atoms with van der Waals surface area (Å²) in [5.41, 5.74) is 6.78. The minimum absolute atomic E-state index is 0.272. The topological polar surface area (TPSA) is 72.2 Å². The number of sulfonamides is 1. The summed E-state index contributed by atoms with van der Waals surface area (Å²) >= 11 is 0. The van der Waals surface area contributed by atoms with E-state index < -0.39 is 10.0 Å². The van der Waals surface area contributed by atoms with Crippen LogP contribution in [0.15, 0.2) is 23.1 Å². The predicted octanol–water partition coefficient (Wildman–Crippen LogP) is 2.05. The summed E-state index contributed by atoms with van der Waals surface area (Å²) in [6.07, 6.45) is 2.95. The smallest absolute Gasteiger partial charge is 0.240 e. The molecule has 1 aromatic carbocycles. The van der Waals surface area contributed by atoms with Crippen molar-refractivity contribution < 1.29 is 8.42 Å². The monoisotopic (exact) mass is 256 g/mol. The van der Waals surface area contributed by atoms with E-state index in [1.807, 2.05) is 0 Å². The maximum Gasteiger partial charge on any atom is 0.240 e. The zero-order chi connectivity index (χ0) is 12.9. The highest BCUT2D eigenvalue weighted by atomic mass is 32.2. The van der Waals surface area contributed by atoms with E-state index in [4.69, 9.17) is 5.73 Å². The van der Waals surface area contributed by atoms with Gasteiger partial charge >= 0.3 is 0 Å². The standard InChI is InChI=1S/C12H20N2O2S/c1-3-4-5-8-14-17(15,16)12-9-11(13)7-6-10(12)2/h6-7,9,14H,3-5,8,13H2,1-2H3. The van der Waals surface area contributed by atoms with E-state index in [1.165, 1.54) is 6.07 Å². The van der Waals surface area contributed by atoms with Crippen LogP contribution in [0.5, 0.6) is 0 Å². The Kier molecular flexibility index (Phi) is 4.96. The lowest BCUT2D eigenvalue weighted by Crippen LogP contribution is -2.25. The van der Waals surface area contributed by atoms with Gasteiger partial charge in [-0.1, -0.05) is 25.8 Å². The van der Waals surface area contributed by atoms with Crippen LogP contribution in [0.3, 0.4) is 0 Å². The van der Waals surface area contributed by atoms with Crippen LogP contribution in [0.2, 0.25) is 0 Å². The molecule has 0 aromatic heterocycles. The number of benzene rings is 1. The molecule has 3 N–H and O–H groups in total. The van der Waals surface area contributed by atoms with Gasteiger partial charge < -0.3 is 5.73 Å². The fourth-order valence-corrected chi connectivity index (χ4v) is 2.92. The van der Waals surface area contributed by atoms with Gasteiger partial charge in [-0.3, -0.25) is 0 Å². The van der Waals surface area contributed by atoms with Gasteiger partial charge in [0.15, 0.2) is 0 Å². The van der Waals surface area contributed by atoms with Crippen molar-refractivity contribution in [2.24, 2.45) is 0 Å². The van der Waals surface area contributed by atoms with Crippen LogP contribution in [0.25, 0.3) is 0 Å². The molecule has 1 aromatic rings. The van der Waals surface area contributed by atoms with Gasteiger partial charge in [-0.2, -0.15) is 0 Å². The molecule has 0 atom stereocenters. The minimum atomic E-state index is -3.42. The summed E-state index contributed by atoms with van der Waals surface area (Å²) in [7, 11) is -3.42. The normalized spacial score (nSPS) is 11.6. The molecule has 0 heterocycles. The lowest BCUT2D eigenvalue weighted by atomic mass is 10.2. The molecular weight excluding hydrogens is 236 g/mol. The molecule has 0 saturated carbocycles. The number of unbranched alkanes of at least 4 members (excludes halogenated alkanes) is 2. The fraction of sp³-hybridized carbons (Fsp3) is 0.500. The van der Waals surface area contributed by atoms with Crippen molar-refractivity contribution in [1.29, 1.82) is 0 Å². The van der Waals surface area contributed by atoms with E-state index in [-0.39, 0.29) is 4.90 Å². The molecule has 0 saturated heterocycles. The summed E-state index contributed by atoms with van der Waals surface area (Å²) in [6.45, 7) is 4.32. The number of nitrogens with two attached hydrogens (primary N) is 1. The molecule has 0 fully saturated rings. The third kappa shape index (κ3) is 4.02. The van der Waals surface area contributed by atoms with Gasteiger partial charge in [-0.25, -0.2) is 13.1 Å². The zero-order valence-corrected chi connectivity index (χ0v) is 11.2. The van der Waals surface area contributed by atoms with Crippen molar-refractivity contribution in [1.82, 2.24) is 4.72 Å². The fourth-order valence-electron chi connectivity index (χ4n) is 1.57. The molecule has 0 radical (unpaired) electrons. The molecule has 96 valence electrons. The first-order chi connectivity index (χ1) is 7.97. The van der Waals surface area contributed by atoms with E-state index in [0.717, 1.165) is 19.3 Å². The maximum absolute atomic E-state index is 12.0. The van der Waals surface area contributed by atoms with Crippen molar-refractivity contribution in [2.45, 2.75) is 38.0 Å². The van der Waals surface area contributed by atoms with Gasteiger partial charge in [0.2, 0.25) is 10.0 Å². The van der Waals surface area contributed by atoms with E-state index in [2.05, 4.69) is 11.6 Å². The van der Waals surface area contributed by atoms with Gasteiger partial charge in [0.05, 0.1) is 4.90 Å². The lowest BCUT2D eigenvalue weighted by molar-refractivity contribution is 0.575. The first-order valence-corrected chi connectivity index (χ1v) is 7.31. The highest BCUT2D eigenvalue weighted by molar-refractivity contribution is 7.89. The molecule has 4 nitrogen and oxygen atoms in total. The highest BCUT2D eigenvalue weighted by Crippen LogP contribution is 2.17. The number of rotatable bonds is 6. The summed E-state index contributed by atoms with van der Waals surface area (Å²) < 4.78 is 26.6. The third-order valence-corrected chi connectivity index (χ3v) is 4.18. The first kappa shape index (κ1) is 14.0. The average Bonchev–Trinajstić information content (AvgIpc) is 2.28. The number of hydrogen-bond donors (Lipinski definition) is 2. The summed E-state index contributed by atoms with van der Waals surface area (Å²) in [5, 5.41) is 0. The van der Waals surface area contributed by atoms with Crippen LogP contribution in [-0.4, -0.2) is 15.0 Å². The Morgan fingerprint density at radius 3 is 2.65 bits per heavy atom. The first-order valence-electron chi connectivity index (χ1n) is 5.83. The molecule has 0 aliphatic rings. The van der Waals surface area contributed by atoms with Crippen LogP contribution in [-0.2, 0) is 10.0 Å². The van der Waals surface area contributed by atoms with Crippen LogP contribution in [0.4, 0.5) is 5.69 Å². The second-order valence-electron chi connectivity index (χ2n) is 4.13. The predicted molar refractivity (Wildman–Crippen MR) is 70.3 cm³/mol. The Labute approximate surface area is 103 Å². The van der Waals surface area contributed by atoms with Crippen LogP contribution >= 0.6 is 0 Å². The van der Waals surface area contributed by atoms with Crippen molar-refractivity contribution in [2.75, 3.05) is 12.3 Å². The van der Waals surface area contributed by atoms with Crippen molar-refractivity contribution >= 4 is 15.7 Å². The van der Waals surface area contributed by atoms with E-state index in [0.29, 0.717) is 17.8 Å². The number of nitrogens with one attached hydrogen (secondary N) is 1. The van der Waals surface area contributed by atoms with Gasteiger partial charge in [-0.15, -0.1) is 0 Å². The van der Waals surface area contributed by atoms with Crippen LogP contribution in [0.1, 0.15) is 31.7 Å². The van der Waals surface area contributed by atoms with Crippen LogP contribution in [0, 0.1) is 6.92 Å². The Bertz CT molecular complexity index is 469. The Morgan fingerprint density at radius 1 is 1.29 bits per heavy atom. The van der Waals surface area contributed by atoms with Gasteiger partial charge in [0.25, 0.3) is 0 Å². The second-order valence-corrected chi connectivity index (χ2v) is 5.87. The Balaban J connectivity index is 2.79. The molecule has 0 bridgehead atoms. The van der Waals surface area contributed by atoms with Gasteiger partial charge in [0, 0.05) is 12.2 Å². The Morgan fingerprint density at radius 2 is 2.00 bits per heavy atom. The Hall–Kier alpha value is -1.07. The van der Waals surface area contributed by atoms with Crippen molar-refractivity contribution in [3.63, 3.8) is 0 Å². The molecule has 17 heavy (non-hydrogen) atoms. The minimum Gasteiger partial charge on any atom is -0.399 e. The molecular formula is C12H20N2O2S. The number of hydrogen-bond acceptors (Lipinski definition) is 3. The summed E-state index contributed by atoms with van der Waals surface area (Å²) in [6, 6.07) is 4.92. The van der Waals surface area contributed by atoms with Crippen LogP contribution < -0.4 is 10.5 Å². The second kappa shape index (κ2) is 6.02. The van der Waals surface area contributed by atoms with E-state index in [9.17, 15) is 8.42 Å². The number of anilines is 1. The van der Waals surface area contributed by atoms with Gasteiger partial charge in [0.1, 0.15) is 0 Å². The SMILES string of the molecule is CCCCCNS(=O)(=O)c1cc(N)ccc1C. The van der Waals surface area contributed by atoms with E-state index >= 15 is 0 Å². The molecule has 0 unspecified atom stereocenters. The third-order valence-electron chi connectivity index (χ3n) is 2.57. The molecule has 1 rings (SSSR count). The van der Waals surface area contributed by atoms with Crippen molar-refractivity contribution in [3.8, 4) is 0 Å². The molecule has 0 amide bonds. The molecule has 5 heteroatoms. The summed E-state index contributed by atoms with van der Waals surface area (Å²) in [4.78, 5) is 0.272. The maximum atomic E-state index is 12.0. The van der Waals surface area contributed by atoms with Gasteiger partial charge in [-0.05, 0) is 31.0 Å². The highest BCUT2D eigenvalue weighted by Gasteiger charge is 2.16.